The smallest absolute Gasteiger partial charge is 0.239 e. The van der Waals surface area contributed by atoms with E-state index in [9.17, 15) is 4.79 Å². The van der Waals surface area contributed by atoms with Crippen LogP contribution in [0.3, 0.4) is 0 Å². The van der Waals surface area contributed by atoms with Gasteiger partial charge in [-0.15, -0.1) is 24.8 Å². The van der Waals surface area contributed by atoms with E-state index in [1.807, 2.05) is 18.9 Å². The number of piperazine rings is 1. The lowest BCUT2D eigenvalue weighted by molar-refractivity contribution is -0.139. The van der Waals surface area contributed by atoms with Gasteiger partial charge < -0.3 is 15.0 Å². The molecule has 5 nitrogen and oxygen atoms in total. The van der Waals surface area contributed by atoms with E-state index in [1.165, 1.54) is 18.4 Å². The summed E-state index contributed by atoms with van der Waals surface area (Å²) in [4.78, 5) is 16.0. The van der Waals surface area contributed by atoms with E-state index in [4.69, 9.17) is 4.74 Å². The molecule has 1 aromatic rings. The van der Waals surface area contributed by atoms with Crippen LogP contribution in [0, 0.1) is 0 Å². The van der Waals surface area contributed by atoms with Gasteiger partial charge in [0, 0.05) is 26.7 Å². The molecule has 0 spiro atoms. The molecule has 1 N–H and O–H groups in total. The third kappa shape index (κ3) is 5.74. The van der Waals surface area contributed by atoms with Gasteiger partial charge in [0.2, 0.25) is 5.91 Å². The summed E-state index contributed by atoms with van der Waals surface area (Å²) in [6.45, 7) is 7.34. The lowest BCUT2D eigenvalue weighted by Gasteiger charge is -2.37. The molecule has 2 heterocycles. The minimum atomic E-state index is -0.0466. The molecule has 0 aliphatic carbocycles. The maximum Gasteiger partial charge on any atom is 0.239 e. The Morgan fingerprint density at radius 2 is 1.77 bits per heavy atom. The van der Waals surface area contributed by atoms with Gasteiger partial charge in [0.25, 0.3) is 0 Å². The van der Waals surface area contributed by atoms with Crippen LogP contribution >= 0.6 is 24.8 Å². The number of ether oxygens (including phenoxy) is 1. The van der Waals surface area contributed by atoms with E-state index in [-0.39, 0.29) is 36.8 Å². The summed E-state index contributed by atoms with van der Waals surface area (Å²) in [6, 6.07) is 8.52. The van der Waals surface area contributed by atoms with Crippen LogP contribution in [0.1, 0.15) is 31.2 Å². The first kappa shape index (κ1) is 23.0. The zero-order valence-electron chi connectivity index (χ0n) is 15.6. The van der Waals surface area contributed by atoms with Gasteiger partial charge in [-0.25, -0.2) is 0 Å². The van der Waals surface area contributed by atoms with Gasteiger partial charge in [0.05, 0.1) is 6.04 Å². The highest BCUT2D eigenvalue weighted by atomic mass is 35.5. The molecule has 7 heteroatoms. The van der Waals surface area contributed by atoms with Crippen LogP contribution in [-0.4, -0.2) is 68.1 Å². The van der Waals surface area contributed by atoms with Gasteiger partial charge >= 0.3 is 0 Å². The van der Waals surface area contributed by atoms with Crippen molar-refractivity contribution in [3.8, 4) is 5.75 Å². The average Bonchev–Trinajstić information content (AvgIpc) is 2.63. The fraction of sp³-hybridized carbons (Fsp3) is 0.632. The molecule has 0 aromatic heterocycles. The number of hydrogen-bond donors (Lipinski definition) is 1. The van der Waals surface area contributed by atoms with Gasteiger partial charge in [-0.3, -0.25) is 9.69 Å². The van der Waals surface area contributed by atoms with E-state index >= 15 is 0 Å². The van der Waals surface area contributed by atoms with Crippen molar-refractivity contribution in [2.24, 2.45) is 0 Å². The summed E-state index contributed by atoms with van der Waals surface area (Å²) < 4.78 is 5.88. The number of benzene rings is 1. The quantitative estimate of drug-likeness (QED) is 0.820. The molecule has 0 radical (unpaired) electrons. The maximum absolute atomic E-state index is 12.0. The normalized spacial score (nSPS) is 21.7. The Hall–Kier alpha value is -1.01. The fourth-order valence-electron chi connectivity index (χ4n) is 3.64. The number of nitrogens with one attached hydrogen (secondary N) is 1. The van der Waals surface area contributed by atoms with Crippen LogP contribution in [0.4, 0.5) is 0 Å². The third-order valence-electron chi connectivity index (χ3n) is 5.34. The molecule has 26 heavy (non-hydrogen) atoms. The predicted molar refractivity (Wildman–Crippen MR) is 110 cm³/mol. The molecule has 1 atom stereocenters. The molecular formula is C19H31Cl2N3O2. The number of hydrogen-bond acceptors (Lipinski definition) is 4. The highest BCUT2D eigenvalue weighted by molar-refractivity contribution is 5.85. The average molecular weight is 404 g/mol. The van der Waals surface area contributed by atoms with Crippen molar-refractivity contribution in [3.63, 3.8) is 0 Å². The van der Waals surface area contributed by atoms with E-state index in [0.717, 1.165) is 38.5 Å². The maximum atomic E-state index is 12.0. The Kier molecular flexibility index (Phi) is 9.72. The Morgan fingerprint density at radius 1 is 1.12 bits per heavy atom. The van der Waals surface area contributed by atoms with Gasteiger partial charge in [-0.05, 0) is 56.5 Å². The van der Waals surface area contributed by atoms with Crippen LogP contribution in [-0.2, 0) is 4.79 Å². The Bertz CT molecular complexity index is 550. The summed E-state index contributed by atoms with van der Waals surface area (Å²) in [7, 11) is 1.87. The number of likely N-dealkylation sites (N-methyl/N-ethyl adjacent to an activating group) is 1. The number of piperidine rings is 1. The van der Waals surface area contributed by atoms with E-state index in [2.05, 4.69) is 34.5 Å². The van der Waals surface area contributed by atoms with Crippen molar-refractivity contribution < 1.29 is 9.53 Å². The lowest BCUT2D eigenvalue weighted by Crippen LogP contribution is -2.55. The predicted octanol–water partition coefficient (Wildman–Crippen LogP) is 2.54. The topological polar surface area (TPSA) is 44.8 Å². The van der Waals surface area contributed by atoms with Gasteiger partial charge in [-0.2, -0.15) is 0 Å². The van der Waals surface area contributed by atoms with Crippen LogP contribution < -0.4 is 10.1 Å². The van der Waals surface area contributed by atoms with Gasteiger partial charge in [0.15, 0.2) is 0 Å². The minimum Gasteiger partial charge on any atom is -0.492 e. The van der Waals surface area contributed by atoms with Crippen LogP contribution in [0.5, 0.6) is 5.75 Å². The Labute approximate surface area is 169 Å². The Morgan fingerprint density at radius 3 is 2.42 bits per heavy atom. The second kappa shape index (κ2) is 11.0. The van der Waals surface area contributed by atoms with Crippen molar-refractivity contribution in [3.05, 3.63) is 29.8 Å². The highest BCUT2D eigenvalue weighted by Gasteiger charge is 2.28. The van der Waals surface area contributed by atoms with E-state index < -0.39 is 0 Å². The van der Waals surface area contributed by atoms with E-state index in [0.29, 0.717) is 12.5 Å². The first-order chi connectivity index (χ1) is 11.6. The number of carbonyl (C=O) groups is 1. The molecule has 3 rings (SSSR count). The molecule has 0 saturated carbocycles. The van der Waals surface area contributed by atoms with Crippen molar-refractivity contribution in [2.75, 3.05) is 46.4 Å². The van der Waals surface area contributed by atoms with Crippen molar-refractivity contribution in [1.29, 1.82) is 0 Å². The van der Waals surface area contributed by atoms with Gasteiger partial charge in [-0.1, -0.05) is 12.1 Å². The fourth-order valence-corrected chi connectivity index (χ4v) is 3.64. The molecule has 0 unspecified atom stereocenters. The molecule has 0 bridgehead atoms. The first-order valence-corrected chi connectivity index (χ1v) is 9.07. The lowest BCUT2D eigenvalue weighted by atomic mass is 9.90. The standard InChI is InChI=1S/C19H29N3O2.2ClH/c1-15-19(23)21(2)11-12-22(15)13-14-24-18-5-3-16(4-6-18)17-7-9-20-10-8-17;;/h3-6,15,17,20H,7-14H2,1-2H3;2*1H/t15-;;/m1../s1. The summed E-state index contributed by atoms with van der Waals surface area (Å²) >= 11 is 0. The molecule has 1 amide bonds. The number of nitrogens with zero attached hydrogens (tertiary/aromatic N) is 2. The number of rotatable bonds is 5. The van der Waals surface area contributed by atoms with Crippen molar-refractivity contribution in [1.82, 2.24) is 15.1 Å². The van der Waals surface area contributed by atoms with Crippen molar-refractivity contribution >= 4 is 30.7 Å². The molecule has 2 aliphatic rings. The molecule has 2 aliphatic heterocycles. The summed E-state index contributed by atoms with van der Waals surface area (Å²) in [5.74, 6) is 1.80. The molecule has 2 saturated heterocycles. The molecule has 1 aromatic carbocycles. The number of amides is 1. The molecule has 2 fully saturated rings. The largest absolute Gasteiger partial charge is 0.492 e. The first-order valence-electron chi connectivity index (χ1n) is 9.07. The summed E-state index contributed by atoms with van der Waals surface area (Å²) in [5, 5.41) is 3.41. The highest BCUT2D eigenvalue weighted by Crippen LogP contribution is 2.26. The SMILES string of the molecule is C[C@@H]1C(=O)N(C)CCN1CCOc1ccc(C2CCNCC2)cc1.Cl.Cl. The van der Waals surface area contributed by atoms with Crippen LogP contribution in [0.25, 0.3) is 0 Å². The zero-order valence-corrected chi connectivity index (χ0v) is 17.3. The second-order valence-corrected chi connectivity index (χ2v) is 6.91. The van der Waals surface area contributed by atoms with E-state index in [1.54, 1.807) is 0 Å². The van der Waals surface area contributed by atoms with Crippen molar-refractivity contribution in [2.45, 2.75) is 31.7 Å². The number of carbonyl (C=O) groups excluding carboxylic acids is 1. The zero-order chi connectivity index (χ0) is 16.9. The van der Waals surface area contributed by atoms with Crippen LogP contribution in [0.15, 0.2) is 24.3 Å². The summed E-state index contributed by atoms with van der Waals surface area (Å²) in [6.07, 6.45) is 2.44. The van der Waals surface area contributed by atoms with Gasteiger partial charge in [0.1, 0.15) is 12.4 Å². The molecular weight excluding hydrogens is 373 g/mol. The molecule has 148 valence electrons. The third-order valence-corrected chi connectivity index (χ3v) is 5.34. The monoisotopic (exact) mass is 403 g/mol. The summed E-state index contributed by atoms with van der Waals surface area (Å²) in [5.41, 5.74) is 1.42. The number of halogens is 2. The minimum absolute atomic E-state index is 0. The van der Waals surface area contributed by atoms with Crippen LogP contribution in [0.2, 0.25) is 0 Å². The second-order valence-electron chi connectivity index (χ2n) is 6.91. The Balaban J connectivity index is 0.00000169.